The maximum absolute atomic E-state index is 12.0. The molecule has 1 fully saturated rings. The molecule has 1 saturated carbocycles. The quantitative estimate of drug-likeness (QED) is 0.133. The number of nitrogens with one attached hydrogen (secondary N) is 1. The lowest BCUT2D eigenvalue weighted by molar-refractivity contribution is -0.148. The molecule has 1 aliphatic carbocycles. The van der Waals surface area contributed by atoms with E-state index >= 15 is 0 Å². The highest BCUT2D eigenvalue weighted by molar-refractivity contribution is 5.80. The first-order valence-electron chi connectivity index (χ1n) is 15.7. The molecule has 2 unspecified atom stereocenters. The van der Waals surface area contributed by atoms with Crippen molar-refractivity contribution >= 4 is 23.8 Å². The van der Waals surface area contributed by atoms with Gasteiger partial charge in [0.1, 0.15) is 5.78 Å². The number of rotatable bonds is 13. The number of hydrogen-bond acceptors (Lipinski definition) is 7. The van der Waals surface area contributed by atoms with Gasteiger partial charge in [-0.25, -0.2) is 4.79 Å². The Morgan fingerprint density at radius 2 is 1.22 bits per heavy atom. The second-order valence-electron chi connectivity index (χ2n) is 13.3. The van der Waals surface area contributed by atoms with E-state index in [2.05, 4.69) is 33.0 Å². The van der Waals surface area contributed by atoms with Crippen molar-refractivity contribution in [3.63, 3.8) is 0 Å². The van der Waals surface area contributed by atoms with Gasteiger partial charge in [-0.2, -0.15) is 0 Å². The standard InChI is InChI=1S/C19H35NO3.2C7H14O2/c1-7-19(6)12-15(11-18(4,5)13-19)20-17(22)23-10-8-9-16(21)14(2)3;2*1-4-5-9-7(8)6(2)3/h14-15H,7-13H2,1-6H3,(H,20,22);2*6H,4-5H2,1-3H3. The molecule has 0 radical (unpaired) electrons. The summed E-state index contributed by atoms with van der Waals surface area (Å²) in [5, 5.41) is 3.03. The normalized spacial score (nSPS) is 19.3. The van der Waals surface area contributed by atoms with Crippen LogP contribution in [0.5, 0.6) is 0 Å². The van der Waals surface area contributed by atoms with Crippen molar-refractivity contribution in [1.82, 2.24) is 5.32 Å². The van der Waals surface area contributed by atoms with Gasteiger partial charge in [-0.1, -0.05) is 89.5 Å². The van der Waals surface area contributed by atoms with Crippen molar-refractivity contribution in [3.05, 3.63) is 0 Å². The van der Waals surface area contributed by atoms with Crippen molar-refractivity contribution in [1.29, 1.82) is 0 Å². The van der Waals surface area contributed by atoms with Crippen LogP contribution in [-0.2, 0) is 28.6 Å². The summed E-state index contributed by atoms with van der Waals surface area (Å²) < 4.78 is 14.9. The van der Waals surface area contributed by atoms with Gasteiger partial charge in [0.2, 0.25) is 0 Å². The van der Waals surface area contributed by atoms with Crippen molar-refractivity contribution in [2.45, 2.75) is 140 Å². The summed E-state index contributed by atoms with van der Waals surface area (Å²) in [4.78, 5) is 44.9. The van der Waals surface area contributed by atoms with Crippen molar-refractivity contribution in [2.75, 3.05) is 19.8 Å². The average molecular weight is 586 g/mol. The summed E-state index contributed by atoms with van der Waals surface area (Å²) in [5.41, 5.74) is 0.522. The molecule has 0 bridgehead atoms. The molecular formula is C33H63NO7. The highest BCUT2D eigenvalue weighted by atomic mass is 16.5. The van der Waals surface area contributed by atoms with Gasteiger partial charge in [0, 0.05) is 18.4 Å². The zero-order valence-corrected chi connectivity index (χ0v) is 28.4. The van der Waals surface area contributed by atoms with Crippen LogP contribution in [0.1, 0.15) is 134 Å². The first-order chi connectivity index (χ1) is 18.9. The predicted octanol–water partition coefficient (Wildman–Crippen LogP) is 7.90. The minimum absolute atomic E-state index is 0.0107. The van der Waals surface area contributed by atoms with Crippen LogP contribution >= 0.6 is 0 Å². The topological polar surface area (TPSA) is 108 Å². The fourth-order valence-corrected chi connectivity index (χ4v) is 4.65. The Morgan fingerprint density at radius 3 is 1.61 bits per heavy atom. The molecule has 8 heteroatoms. The third-order valence-corrected chi connectivity index (χ3v) is 6.90. The zero-order valence-electron chi connectivity index (χ0n) is 28.4. The molecule has 0 aliphatic heterocycles. The van der Waals surface area contributed by atoms with E-state index < -0.39 is 0 Å². The third-order valence-electron chi connectivity index (χ3n) is 6.90. The minimum Gasteiger partial charge on any atom is -0.465 e. The SMILES string of the molecule is CCC1(C)CC(NC(=O)OCCCC(=O)C(C)C)CC(C)(C)C1.CCCOC(=O)C(C)C.CCCOC(=O)C(C)C. The number of ether oxygens (including phenoxy) is 3. The summed E-state index contributed by atoms with van der Waals surface area (Å²) in [7, 11) is 0. The molecule has 1 aliphatic rings. The third kappa shape index (κ3) is 21.3. The number of Topliss-reactive ketones (excluding diaryl/α,β-unsaturated/α-hetero) is 1. The second kappa shape index (κ2) is 21.6. The van der Waals surface area contributed by atoms with E-state index in [0.29, 0.717) is 32.7 Å². The fourth-order valence-electron chi connectivity index (χ4n) is 4.65. The van der Waals surface area contributed by atoms with Crippen LogP contribution in [0.15, 0.2) is 0 Å². The Labute approximate surface area is 251 Å². The smallest absolute Gasteiger partial charge is 0.407 e. The Morgan fingerprint density at radius 1 is 0.732 bits per heavy atom. The van der Waals surface area contributed by atoms with E-state index in [1.165, 1.54) is 6.42 Å². The largest absolute Gasteiger partial charge is 0.465 e. The van der Waals surface area contributed by atoms with E-state index in [1.807, 2.05) is 55.4 Å². The summed E-state index contributed by atoms with van der Waals surface area (Å²) in [6.45, 7) is 25.6. The summed E-state index contributed by atoms with van der Waals surface area (Å²) in [5.74, 6) is 0.101. The molecule has 2 atom stereocenters. The number of carbonyl (C=O) groups excluding carboxylic acids is 4. The van der Waals surface area contributed by atoms with Crippen molar-refractivity contribution < 1.29 is 33.4 Å². The molecular weight excluding hydrogens is 522 g/mol. The molecule has 242 valence electrons. The minimum atomic E-state index is -0.344. The molecule has 1 amide bonds. The molecule has 1 rings (SSSR count). The van der Waals surface area contributed by atoms with Crippen LogP contribution in [0.4, 0.5) is 4.79 Å². The Bertz CT molecular complexity index is 737. The van der Waals surface area contributed by atoms with Gasteiger partial charge in [-0.15, -0.1) is 0 Å². The van der Waals surface area contributed by atoms with Gasteiger partial charge < -0.3 is 19.5 Å². The van der Waals surface area contributed by atoms with E-state index in [0.717, 1.165) is 32.1 Å². The number of carbonyl (C=O) groups is 4. The van der Waals surface area contributed by atoms with Gasteiger partial charge in [-0.05, 0) is 49.4 Å². The maximum atomic E-state index is 12.0. The monoisotopic (exact) mass is 585 g/mol. The summed E-state index contributed by atoms with van der Waals surface area (Å²) >= 11 is 0. The van der Waals surface area contributed by atoms with Crippen molar-refractivity contribution in [3.8, 4) is 0 Å². The van der Waals surface area contributed by atoms with Gasteiger partial charge in [-0.3, -0.25) is 14.4 Å². The molecule has 1 N–H and O–H groups in total. The Hall–Kier alpha value is -2.12. The van der Waals surface area contributed by atoms with Crippen LogP contribution in [0, 0.1) is 28.6 Å². The van der Waals surface area contributed by atoms with Crippen LogP contribution in [-0.4, -0.2) is 49.7 Å². The first kappa shape index (κ1) is 41.0. The van der Waals surface area contributed by atoms with E-state index in [1.54, 1.807) is 0 Å². The number of alkyl carbamates (subject to hydrolysis) is 1. The summed E-state index contributed by atoms with van der Waals surface area (Å²) in [6, 6.07) is 0.175. The Kier molecular flexibility index (Phi) is 21.6. The average Bonchev–Trinajstić information content (AvgIpc) is 2.87. The fraction of sp³-hybridized carbons (Fsp3) is 0.879. The zero-order chi connectivity index (χ0) is 32.2. The van der Waals surface area contributed by atoms with Gasteiger partial charge >= 0.3 is 18.0 Å². The lowest BCUT2D eigenvalue weighted by Crippen LogP contribution is -2.46. The maximum Gasteiger partial charge on any atom is 0.407 e. The number of hydrogen-bond donors (Lipinski definition) is 1. The number of esters is 2. The molecule has 0 aromatic rings. The molecule has 0 aromatic heterocycles. The van der Waals surface area contributed by atoms with Crippen LogP contribution in [0.2, 0.25) is 0 Å². The summed E-state index contributed by atoms with van der Waals surface area (Å²) in [6.07, 6.45) is 6.86. The van der Waals surface area contributed by atoms with E-state index in [-0.39, 0.29) is 58.4 Å². The first-order valence-corrected chi connectivity index (χ1v) is 15.7. The van der Waals surface area contributed by atoms with Crippen LogP contribution < -0.4 is 5.32 Å². The molecule has 0 spiro atoms. The molecule has 0 aromatic carbocycles. The van der Waals surface area contributed by atoms with Crippen molar-refractivity contribution in [2.24, 2.45) is 28.6 Å². The Balaban J connectivity index is 0. The molecule has 0 heterocycles. The van der Waals surface area contributed by atoms with Crippen LogP contribution in [0.3, 0.4) is 0 Å². The molecule has 41 heavy (non-hydrogen) atoms. The van der Waals surface area contributed by atoms with Gasteiger partial charge in [0.25, 0.3) is 0 Å². The predicted molar refractivity (Wildman–Crippen MR) is 166 cm³/mol. The highest BCUT2D eigenvalue weighted by Crippen LogP contribution is 2.47. The highest BCUT2D eigenvalue weighted by Gasteiger charge is 2.40. The van der Waals surface area contributed by atoms with Crippen LogP contribution in [0.25, 0.3) is 0 Å². The lowest BCUT2D eigenvalue weighted by Gasteiger charge is -2.46. The molecule has 8 nitrogen and oxygen atoms in total. The van der Waals surface area contributed by atoms with Gasteiger partial charge in [0.15, 0.2) is 0 Å². The van der Waals surface area contributed by atoms with E-state index in [4.69, 9.17) is 14.2 Å². The second-order valence-corrected chi connectivity index (χ2v) is 13.3. The lowest BCUT2D eigenvalue weighted by atomic mass is 9.62. The van der Waals surface area contributed by atoms with E-state index in [9.17, 15) is 19.2 Å². The number of amides is 1. The molecule has 0 saturated heterocycles. The number of ketones is 1. The van der Waals surface area contributed by atoms with Gasteiger partial charge in [0.05, 0.1) is 31.7 Å².